The number of rotatable bonds is 4. The van der Waals surface area contributed by atoms with Gasteiger partial charge >= 0.3 is 5.97 Å². The molecule has 2 aromatic carbocycles. The number of halogens is 3. The first-order chi connectivity index (χ1) is 10.0. The summed E-state index contributed by atoms with van der Waals surface area (Å²) in [7, 11) is 0. The lowest BCUT2D eigenvalue weighted by Crippen LogP contribution is -2.01. The summed E-state index contributed by atoms with van der Waals surface area (Å²) < 4.78 is 39.4. The van der Waals surface area contributed by atoms with Gasteiger partial charge in [-0.2, -0.15) is 0 Å². The Morgan fingerprint density at radius 3 is 2.05 bits per heavy atom. The number of alkyl halides is 2. The summed E-state index contributed by atoms with van der Waals surface area (Å²) in [6.45, 7) is 0. The van der Waals surface area contributed by atoms with Gasteiger partial charge in [0.05, 0.1) is 5.56 Å². The molecule has 0 spiro atoms. The first kappa shape index (κ1) is 14.8. The van der Waals surface area contributed by atoms with Crippen molar-refractivity contribution in [1.82, 2.24) is 0 Å². The van der Waals surface area contributed by atoms with E-state index in [-0.39, 0.29) is 22.3 Å². The molecule has 0 saturated heterocycles. The molecule has 0 radical (unpaired) electrons. The lowest BCUT2D eigenvalue weighted by Gasteiger charge is -2.11. The van der Waals surface area contributed by atoms with Gasteiger partial charge in [0.15, 0.2) is 5.83 Å². The monoisotopic (exact) mass is 292 g/mol. The summed E-state index contributed by atoms with van der Waals surface area (Å²) in [5.41, 5.74) is -0.0339. The van der Waals surface area contributed by atoms with Crippen LogP contribution in [0.1, 0.15) is 21.5 Å². The van der Waals surface area contributed by atoms with E-state index in [9.17, 15) is 18.0 Å². The Morgan fingerprint density at radius 2 is 1.48 bits per heavy atom. The molecule has 2 aromatic rings. The fourth-order valence-electron chi connectivity index (χ4n) is 1.96. The van der Waals surface area contributed by atoms with Crippen LogP contribution in [0.2, 0.25) is 0 Å². The number of aromatic carboxylic acids is 1. The van der Waals surface area contributed by atoms with Gasteiger partial charge in [-0.1, -0.05) is 42.5 Å². The minimum Gasteiger partial charge on any atom is -0.478 e. The van der Waals surface area contributed by atoms with Crippen molar-refractivity contribution in [2.45, 2.75) is 6.43 Å². The minimum atomic E-state index is -3.27. The summed E-state index contributed by atoms with van der Waals surface area (Å²) in [6, 6.07) is 13.1. The largest absolute Gasteiger partial charge is 0.478 e. The summed E-state index contributed by atoms with van der Waals surface area (Å²) in [5, 5.41) is 8.95. The van der Waals surface area contributed by atoms with Gasteiger partial charge in [0.25, 0.3) is 6.43 Å². The molecule has 0 bridgehead atoms. The number of carbonyl (C=O) groups is 1. The van der Waals surface area contributed by atoms with Gasteiger partial charge in [0, 0.05) is 5.57 Å². The highest BCUT2D eigenvalue weighted by molar-refractivity contribution is 5.90. The van der Waals surface area contributed by atoms with Gasteiger partial charge < -0.3 is 5.11 Å². The standard InChI is InChI=1S/C16H11F3O2/c17-14(15(18)19)13(10-5-2-1-3-6-10)11-7-4-8-12(9-11)16(20)21/h1-9,15H,(H,20,21). The number of carboxylic acids is 1. The van der Waals surface area contributed by atoms with Crippen LogP contribution >= 0.6 is 0 Å². The van der Waals surface area contributed by atoms with Crippen molar-refractivity contribution in [2.75, 3.05) is 0 Å². The van der Waals surface area contributed by atoms with E-state index in [1.807, 2.05) is 0 Å². The molecule has 0 unspecified atom stereocenters. The molecule has 21 heavy (non-hydrogen) atoms. The predicted molar refractivity (Wildman–Crippen MR) is 73.0 cm³/mol. The van der Waals surface area contributed by atoms with Crippen LogP contribution in [0.25, 0.3) is 5.57 Å². The topological polar surface area (TPSA) is 37.3 Å². The maximum absolute atomic E-state index is 13.9. The maximum atomic E-state index is 13.9. The van der Waals surface area contributed by atoms with Crippen molar-refractivity contribution in [1.29, 1.82) is 0 Å². The molecule has 0 aliphatic rings. The quantitative estimate of drug-likeness (QED) is 0.908. The van der Waals surface area contributed by atoms with Crippen molar-refractivity contribution in [2.24, 2.45) is 0 Å². The zero-order chi connectivity index (χ0) is 15.4. The summed E-state index contributed by atoms with van der Waals surface area (Å²) in [6.07, 6.45) is -3.27. The zero-order valence-electron chi connectivity index (χ0n) is 10.8. The molecule has 2 nitrogen and oxygen atoms in total. The van der Waals surface area contributed by atoms with Gasteiger partial charge in [0.1, 0.15) is 0 Å². The summed E-state index contributed by atoms with van der Waals surface area (Å²) >= 11 is 0. The molecule has 0 amide bonds. The third-order valence-corrected chi connectivity index (χ3v) is 2.89. The molecule has 0 aliphatic heterocycles. The molecule has 108 valence electrons. The van der Waals surface area contributed by atoms with E-state index in [2.05, 4.69) is 0 Å². The highest BCUT2D eigenvalue weighted by Gasteiger charge is 2.20. The van der Waals surface area contributed by atoms with Gasteiger partial charge in [-0.3, -0.25) is 0 Å². The molecule has 0 atom stereocenters. The van der Waals surface area contributed by atoms with E-state index in [4.69, 9.17) is 5.11 Å². The molecule has 0 saturated carbocycles. The van der Waals surface area contributed by atoms with Crippen molar-refractivity contribution in [3.8, 4) is 0 Å². The Hall–Kier alpha value is -2.56. The van der Waals surface area contributed by atoms with Crippen LogP contribution in [0.15, 0.2) is 60.4 Å². The SMILES string of the molecule is O=C(O)c1cccc(C(=C(F)C(F)F)c2ccccc2)c1. The third kappa shape index (κ3) is 3.31. The van der Waals surface area contributed by atoms with E-state index < -0.39 is 18.2 Å². The van der Waals surface area contributed by atoms with Crippen LogP contribution in [-0.2, 0) is 0 Å². The van der Waals surface area contributed by atoms with Crippen molar-refractivity contribution in [3.63, 3.8) is 0 Å². The van der Waals surface area contributed by atoms with E-state index >= 15 is 0 Å². The Bertz CT molecular complexity index is 679. The van der Waals surface area contributed by atoms with Crippen LogP contribution < -0.4 is 0 Å². The van der Waals surface area contributed by atoms with E-state index in [0.717, 1.165) is 0 Å². The lowest BCUT2D eigenvalue weighted by molar-refractivity contribution is 0.0697. The number of carboxylic acid groups (broad SMARTS) is 1. The number of allylic oxidation sites excluding steroid dienone is 1. The highest BCUT2D eigenvalue weighted by atomic mass is 19.3. The molecule has 1 N–H and O–H groups in total. The van der Waals surface area contributed by atoms with Gasteiger partial charge in [-0.05, 0) is 23.3 Å². The van der Waals surface area contributed by atoms with Crippen molar-refractivity contribution in [3.05, 3.63) is 77.1 Å². The Morgan fingerprint density at radius 1 is 0.905 bits per heavy atom. The lowest BCUT2D eigenvalue weighted by atomic mass is 9.95. The minimum absolute atomic E-state index is 0.0944. The van der Waals surface area contributed by atoms with E-state index in [1.165, 1.54) is 36.4 Å². The Kier molecular flexibility index (Phi) is 4.42. The van der Waals surface area contributed by atoms with E-state index in [0.29, 0.717) is 0 Å². The van der Waals surface area contributed by atoms with E-state index in [1.54, 1.807) is 18.2 Å². The zero-order valence-corrected chi connectivity index (χ0v) is 10.8. The van der Waals surface area contributed by atoms with Crippen LogP contribution in [0.3, 0.4) is 0 Å². The maximum Gasteiger partial charge on any atom is 0.335 e. The molecule has 0 heterocycles. The second kappa shape index (κ2) is 6.26. The molecule has 0 aromatic heterocycles. The van der Waals surface area contributed by atoms with Gasteiger partial charge in [-0.25, -0.2) is 18.0 Å². The van der Waals surface area contributed by atoms with Crippen molar-refractivity contribution >= 4 is 11.5 Å². The highest BCUT2D eigenvalue weighted by Crippen LogP contribution is 2.31. The number of hydrogen-bond acceptors (Lipinski definition) is 1. The molecule has 0 aliphatic carbocycles. The fourth-order valence-corrected chi connectivity index (χ4v) is 1.96. The second-order valence-electron chi connectivity index (χ2n) is 4.28. The van der Waals surface area contributed by atoms with Gasteiger partial charge in [-0.15, -0.1) is 0 Å². The average molecular weight is 292 g/mol. The first-order valence-electron chi connectivity index (χ1n) is 6.07. The Labute approximate surface area is 119 Å². The van der Waals surface area contributed by atoms with Crippen LogP contribution in [-0.4, -0.2) is 17.5 Å². The van der Waals surface area contributed by atoms with Crippen LogP contribution in [0.4, 0.5) is 13.2 Å². The summed E-state index contributed by atoms with van der Waals surface area (Å²) in [5.74, 6) is -2.79. The van der Waals surface area contributed by atoms with Gasteiger partial charge in [0.2, 0.25) is 0 Å². The van der Waals surface area contributed by atoms with Crippen LogP contribution in [0.5, 0.6) is 0 Å². The first-order valence-corrected chi connectivity index (χ1v) is 6.07. The second-order valence-corrected chi connectivity index (χ2v) is 4.28. The molecule has 5 heteroatoms. The summed E-state index contributed by atoms with van der Waals surface area (Å²) in [4.78, 5) is 11.0. The predicted octanol–water partition coefficient (Wildman–Crippen LogP) is 4.38. The third-order valence-electron chi connectivity index (χ3n) is 2.89. The fraction of sp³-hybridized carbons (Fsp3) is 0.0625. The van der Waals surface area contributed by atoms with Crippen LogP contribution in [0, 0.1) is 0 Å². The number of benzene rings is 2. The molecule has 2 rings (SSSR count). The molecule has 0 fully saturated rings. The normalized spacial score (nSPS) is 12.2. The number of hydrogen-bond donors (Lipinski definition) is 1. The molecular weight excluding hydrogens is 281 g/mol. The Balaban J connectivity index is 2.65. The molecular formula is C16H11F3O2. The smallest absolute Gasteiger partial charge is 0.335 e. The van der Waals surface area contributed by atoms with Crippen molar-refractivity contribution < 1.29 is 23.1 Å². The average Bonchev–Trinajstić information content (AvgIpc) is 2.48.